The van der Waals surface area contributed by atoms with Gasteiger partial charge in [0.15, 0.2) is 0 Å². The van der Waals surface area contributed by atoms with E-state index in [4.69, 9.17) is 5.73 Å². The molecule has 6 rings (SSSR count). The molecule has 38 heavy (non-hydrogen) atoms. The number of hydrogen-bond acceptors (Lipinski definition) is 8. The van der Waals surface area contributed by atoms with Crippen molar-refractivity contribution in [3.05, 3.63) is 36.2 Å². The first-order chi connectivity index (χ1) is 18.7. The number of nitrogens with two attached hydrogens (primary N) is 1. The molecular formula is C29H42N8O. The molecule has 9 nitrogen and oxygen atoms in total. The molecule has 9 heteroatoms. The topological polar surface area (TPSA) is 93.9 Å². The normalized spacial score (nSPS) is 22.3. The van der Waals surface area contributed by atoms with E-state index in [1.807, 2.05) is 18.3 Å². The summed E-state index contributed by atoms with van der Waals surface area (Å²) < 4.78 is 0. The van der Waals surface area contributed by atoms with Crippen molar-refractivity contribution in [2.45, 2.75) is 63.5 Å². The van der Waals surface area contributed by atoms with Crippen LogP contribution in [0.25, 0.3) is 0 Å². The molecule has 4 aliphatic rings. The highest BCUT2D eigenvalue weighted by atomic mass is 16.1. The Hall–Kier alpha value is -2.91. The lowest BCUT2D eigenvalue weighted by molar-refractivity contribution is 0.100. The number of aromatic nitrogens is 2. The molecule has 4 fully saturated rings. The minimum Gasteiger partial charge on any atom is -0.365 e. The summed E-state index contributed by atoms with van der Waals surface area (Å²) in [4.78, 5) is 31.8. The number of carbonyl (C=O) groups excluding carboxylic acids is 1. The Morgan fingerprint density at radius 2 is 1.32 bits per heavy atom. The fourth-order valence-electron chi connectivity index (χ4n) is 7.02. The first-order valence-electron chi connectivity index (χ1n) is 14.7. The second-order valence-corrected chi connectivity index (χ2v) is 11.4. The van der Waals surface area contributed by atoms with E-state index in [0.717, 1.165) is 75.9 Å². The summed E-state index contributed by atoms with van der Waals surface area (Å²) in [5, 5.41) is 3.46. The van der Waals surface area contributed by atoms with Crippen LogP contribution in [0.2, 0.25) is 0 Å². The van der Waals surface area contributed by atoms with Crippen LogP contribution in [0.4, 0.5) is 23.0 Å². The van der Waals surface area contributed by atoms with Crippen LogP contribution in [0.5, 0.6) is 0 Å². The SMILES string of the molecule is NC(=O)c1c(Nc2ccnc(N3CCN(C4CCCC4)CC3)c2)ccnc1N1CCN(C2CCCC2)CC1. The maximum atomic E-state index is 12.7. The van der Waals surface area contributed by atoms with Gasteiger partial charge in [-0.15, -0.1) is 0 Å². The van der Waals surface area contributed by atoms with Crippen molar-refractivity contribution in [1.82, 2.24) is 19.8 Å². The monoisotopic (exact) mass is 518 g/mol. The van der Waals surface area contributed by atoms with Gasteiger partial charge >= 0.3 is 0 Å². The highest BCUT2D eigenvalue weighted by Crippen LogP contribution is 2.31. The van der Waals surface area contributed by atoms with Crippen molar-refractivity contribution < 1.29 is 4.79 Å². The maximum Gasteiger partial charge on any atom is 0.254 e. The van der Waals surface area contributed by atoms with E-state index < -0.39 is 5.91 Å². The highest BCUT2D eigenvalue weighted by Gasteiger charge is 2.29. The zero-order valence-electron chi connectivity index (χ0n) is 22.5. The number of nitrogens with one attached hydrogen (secondary N) is 1. The fraction of sp³-hybridized carbons (Fsp3) is 0.621. The fourth-order valence-corrected chi connectivity index (χ4v) is 7.02. The number of piperazine rings is 2. The predicted octanol–water partition coefficient (Wildman–Crippen LogP) is 3.45. The van der Waals surface area contributed by atoms with Crippen LogP contribution < -0.4 is 20.9 Å². The molecule has 1 amide bonds. The van der Waals surface area contributed by atoms with Crippen molar-refractivity contribution in [3.63, 3.8) is 0 Å². The summed E-state index contributed by atoms with van der Waals surface area (Å²) in [6, 6.07) is 7.37. The molecule has 0 bridgehead atoms. The van der Waals surface area contributed by atoms with E-state index in [1.54, 1.807) is 6.20 Å². The van der Waals surface area contributed by atoms with Crippen molar-refractivity contribution in [2.24, 2.45) is 5.73 Å². The summed E-state index contributed by atoms with van der Waals surface area (Å²) in [5.74, 6) is 1.20. The quantitative estimate of drug-likeness (QED) is 0.576. The summed E-state index contributed by atoms with van der Waals surface area (Å²) in [6.07, 6.45) is 14.4. The Balaban J connectivity index is 1.14. The third kappa shape index (κ3) is 5.45. The van der Waals surface area contributed by atoms with Gasteiger partial charge in [-0.3, -0.25) is 14.6 Å². The van der Waals surface area contributed by atoms with Crippen molar-refractivity contribution in [1.29, 1.82) is 0 Å². The van der Waals surface area contributed by atoms with Gasteiger partial charge < -0.3 is 20.9 Å². The van der Waals surface area contributed by atoms with Gasteiger partial charge in [0.25, 0.3) is 5.91 Å². The number of pyridine rings is 2. The minimum absolute atomic E-state index is 0.453. The van der Waals surface area contributed by atoms with Crippen molar-refractivity contribution in [3.8, 4) is 0 Å². The number of primary amides is 1. The highest BCUT2D eigenvalue weighted by molar-refractivity contribution is 6.04. The van der Waals surface area contributed by atoms with E-state index in [0.29, 0.717) is 17.1 Å². The zero-order chi connectivity index (χ0) is 25.9. The molecule has 0 unspecified atom stereocenters. The third-order valence-corrected chi connectivity index (χ3v) is 9.14. The molecule has 2 saturated carbocycles. The Morgan fingerprint density at radius 1 is 0.763 bits per heavy atom. The smallest absolute Gasteiger partial charge is 0.254 e. The van der Waals surface area contributed by atoms with E-state index >= 15 is 0 Å². The average Bonchev–Trinajstić information content (AvgIpc) is 3.69. The molecule has 0 aromatic carbocycles. The molecule has 2 aliphatic heterocycles. The molecule has 0 radical (unpaired) electrons. The van der Waals surface area contributed by atoms with Gasteiger partial charge in [0, 0.05) is 88.6 Å². The lowest BCUT2D eigenvalue weighted by atomic mass is 10.1. The lowest BCUT2D eigenvalue weighted by Gasteiger charge is -2.39. The van der Waals surface area contributed by atoms with E-state index in [1.165, 1.54) is 51.4 Å². The van der Waals surface area contributed by atoms with Crippen LogP contribution in [0.15, 0.2) is 30.6 Å². The molecule has 2 aliphatic carbocycles. The second-order valence-electron chi connectivity index (χ2n) is 11.4. The van der Waals surface area contributed by atoms with Gasteiger partial charge in [0.05, 0.1) is 5.69 Å². The van der Waals surface area contributed by atoms with E-state index in [-0.39, 0.29) is 0 Å². The standard InChI is InChI=1S/C29H42N8O/c30-28(38)27-25(10-12-32-29(27)37-19-15-35(16-20-37)24-7-3-4-8-24)33-22-9-11-31-26(21-22)36-17-13-34(14-18-36)23-5-1-2-6-23/h9-12,21,23-24H,1-8,13-20H2,(H2,30,38)(H,31,32,33). The Bertz CT molecular complexity index is 1100. The Labute approximate surface area is 226 Å². The van der Waals surface area contributed by atoms with Crippen LogP contribution in [0, 0.1) is 0 Å². The molecule has 2 saturated heterocycles. The van der Waals surface area contributed by atoms with Gasteiger partial charge in [-0.2, -0.15) is 0 Å². The van der Waals surface area contributed by atoms with Gasteiger partial charge in [-0.25, -0.2) is 9.97 Å². The number of amides is 1. The first-order valence-corrected chi connectivity index (χ1v) is 14.7. The summed E-state index contributed by atoms with van der Waals surface area (Å²) >= 11 is 0. The predicted molar refractivity (Wildman–Crippen MR) is 152 cm³/mol. The molecule has 0 atom stereocenters. The van der Waals surface area contributed by atoms with Crippen LogP contribution in [-0.4, -0.2) is 90.1 Å². The van der Waals surface area contributed by atoms with Crippen LogP contribution in [0.1, 0.15) is 61.7 Å². The minimum atomic E-state index is -0.453. The molecule has 2 aromatic heterocycles. The number of hydrogen-bond donors (Lipinski definition) is 2. The first kappa shape index (κ1) is 25.4. The van der Waals surface area contributed by atoms with Crippen LogP contribution >= 0.6 is 0 Å². The third-order valence-electron chi connectivity index (χ3n) is 9.14. The summed E-state index contributed by atoms with van der Waals surface area (Å²) in [5.41, 5.74) is 8.00. The zero-order valence-corrected chi connectivity index (χ0v) is 22.5. The molecule has 4 heterocycles. The van der Waals surface area contributed by atoms with Gasteiger partial charge in [0.2, 0.25) is 0 Å². The van der Waals surface area contributed by atoms with Crippen molar-refractivity contribution in [2.75, 3.05) is 67.5 Å². The van der Waals surface area contributed by atoms with Gasteiger partial charge in [-0.05, 0) is 37.8 Å². The van der Waals surface area contributed by atoms with Crippen LogP contribution in [-0.2, 0) is 0 Å². The molecule has 2 aromatic rings. The van der Waals surface area contributed by atoms with Gasteiger partial charge in [0.1, 0.15) is 17.2 Å². The summed E-state index contributed by atoms with van der Waals surface area (Å²) in [7, 11) is 0. The molecule has 204 valence electrons. The van der Waals surface area contributed by atoms with Gasteiger partial charge in [-0.1, -0.05) is 25.7 Å². The summed E-state index contributed by atoms with van der Waals surface area (Å²) in [6.45, 7) is 7.90. The number of carbonyl (C=O) groups is 1. The largest absolute Gasteiger partial charge is 0.365 e. The Morgan fingerprint density at radius 3 is 1.89 bits per heavy atom. The second kappa shape index (κ2) is 11.5. The van der Waals surface area contributed by atoms with Crippen LogP contribution in [0.3, 0.4) is 0 Å². The maximum absolute atomic E-state index is 12.7. The number of rotatable bonds is 7. The number of nitrogens with zero attached hydrogens (tertiary/aromatic N) is 6. The lowest BCUT2D eigenvalue weighted by Crippen LogP contribution is -2.50. The number of anilines is 4. The molecule has 0 spiro atoms. The van der Waals surface area contributed by atoms with E-state index in [9.17, 15) is 4.79 Å². The Kier molecular flexibility index (Phi) is 7.65. The molecular weight excluding hydrogens is 476 g/mol. The molecule has 3 N–H and O–H groups in total. The van der Waals surface area contributed by atoms with E-state index in [2.05, 4.69) is 41.0 Å². The average molecular weight is 519 g/mol. The van der Waals surface area contributed by atoms with Crippen molar-refractivity contribution >= 4 is 28.9 Å².